The maximum Gasteiger partial charge on any atom is 0.179 e. The second kappa shape index (κ2) is 6.86. The molecule has 3 rings (SSSR count). The maximum atomic E-state index is 6.36. The van der Waals surface area contributed by atoms with Gasteiger partial charge in [-0.1, -0.05) is 24.4 Å². The van der Waals surface area contributed by atoms with Crippen molar-refractivity contribution in [2.24, 2.45) is 5.73 Å². The number of hydrogen-bond acceptors (Lipinski definition) is 4. The smallest absolute Gasteiger partial charge is 0.179 e. The zero-order valence-corrected chi connectivity index (χ0v) is 13.1. The van der Waals surface area contributed by atoms with Crippen molar-refractivity contribution < 1.29 is 9.47 Å². The molecule has 2 N–H and O–H groups in total. The van der Waals surface area contributed by atoms with Crippen LogP contribution >= 0.6 is 11.6 Å². The third-order valence-corrected chi connectivity index (χ3v) is 4.59. The SMILES string of the molecule is NCC(c1cc(Cl)c2c(c1)OCCO2)N1CCCCCC1. The van der Waals surface area contributed by atoms with E-state index >= 15 is 0 Å². The summed E-state index contributed by atoms with van der Waals surface area (Å²) in [5, 5.41) is 0.621. The van der Waals surface area contributed by atoms with Crippen molar-refractivity contribution in [1.82, 2.24) is 4.90 Å². The number of nitrogens with zero attached hydrogens (tertiary/aromatic N) is 1. The lowest BCUT2D eigenvalue weighted by Gasteiger charge is -2.31. The highest BCUT2D eigenvalue weighted by molar-refractivity contribution is 6.32. The Morgan fingerprint density at radius 1 is 1.10 bits per heavy atom. The highest BCUT2D eigenvalue weighted by atomic mass is 35.5. The van der Waals surface area contributed by atoms with Crippen molar-refractivity contribution in [1.29, 1.82) is 0 Å². The van der Waals surface area contributed by atoms with Crippen LogP contribution in [0.15, 0.2) is 12.1 Å². The molecule has 4 nitrogen and oxygen atoms in total. The summed E-state index contributed by atoms with van der Waals surface area (Å²) in [7, 11) is 0. The molecule has 1 saturated heterocycles. The van der Waals surface area contributed by atoms with Gasteiger partial charge in [0.05, 0.1) is 5.02 Å². The molecule has 0 aromatic heterocycles. The summed E-state index contributed by atoms with van der Waals surface area (Å²) in [5.41, 5.74) is 7.19. The largest absolute Gasteiger partial charge is 0.486 e. The van der Waals surface area contributed by atoms with Gasteiger partial charge < -0.3 is 15.2 Å². The average molecular weight is 311 g/mol. The first-order valence-corrected chi connectivity index (χ1v) is 8.20. The molecule has 1 fully saturated rings. The van der Waals surface area contributed by atoms with E-state index in [0.29, 0.717) is 30.5 Å². The van der Waals surface area contributed by atoms with Gasteiger partial charge in [-0.05, 0) is 43.6 Å². The summed E-state index contributed by atoms with van der Waals surface area (Å²) in [6.45, 7) is 3.93. The minimum Gasteiger partial charge on any atom is -0.486 e. The normalized spacial score (nSPS) is 20.9. The number of benzene rings is 1. The quantitative estimate of drug-likeness (QED) is 0.932. The second-order valence-corrected chi connectivity index (χ2v) is 6.14. The Balaban J connectivity index is 1.87. The molecule has 1 unspecified atom stereocenters. The van der Waals surface area contributed by atoms with Crippen molar-refractivity contribution in [2.75, 3.05) is 32.8 Å². The number of ether oxygens (including phenoxy) is 2. The van der Waals surface area contributed by atoms with Crippen LogP contribution in [0.2, 0.25) is 5.02 Å². The second-order valence-electron chi connectivity index (χ2n) is 5.73. The van der Waals surface area contributed by atoms with E-state index in [0.717, 1.165) is 24.4 Å². The molecule has 2 heterocycles. The lowest BCUT2D eigenvalue weighted by molar-refractivity contribution is 0.170. The zero-order valence-electron chi connectivity index (χ0n) is 12.3. The van der Waals surface area contributed by atoms with Crippen molar-refractivity contribution >= 4 is 11.6 Å². The van der Waals surface area contributed by atoms with Gasteiger partial charge in [-0.3, -0.25) is 4.90 Å². The molecule has 0 bridgehead atoms. The minimum atomic E-state index is 0.205. The van der Waals surface area contributed by atoms with E-state index in [-0.39, 0.29) is 6.04 Å². The van der Waals surface area contributed by atoms with Crippen LogP contribution in [-0.4, -0.2) is 37.7 Å². The fraction of sp³-hybridized carbons (Fsp3) is 0.625. The van der Waals surface area contributed by atoms with Crippen molar-refractivity contribution in [3.8, 4) is 11.5 Å². The third-order valence-electron chi connectivity index (χ3n) is 4.31. The topological polar surface area (TPSA) is 47.7 Å². The van der Waals surface area contributed by atoms with Gasteiger partial charge in [0.1, 0.15) is 13.2 Å². The standard InChI is InChI=1S/C16H23ClN2O2/c17-13-9-12(10-15-16(13)21-8-7-20-15)14(11-18)19-5-3-1-2-4-6-19/h9-10,14H,1-8,11,18H2. The van der Waals surface area contributed by atoms with Gasteiger partial charge in [-0.25, -0.2) is 0 Å². The van der Waals surface area contributed by atoms with Crippen LogP contribution in [0, 0.1) is 0 Å². The van der Waals surface area contributed by atoms with E-state index in [1.165, 1.54) is 25.7 Å². The summed E-state index contributed by atoms with van der Waals surface area (Å²) in [4.78, 5) is 2.48. The van der Waals surface area contributed by atoms with E-state index in [2.05, 4.69) is 4.90 Å². The number of fused-ring (bicyclic) bond motifs is 1. The Kier molecular flexibility index (Phi) is 4.88. The van der Waals surface area contributed by atoms with Gasteiger partial charge in [-0.2, -0.15) is 0 Å². The van der Waals surface area contributed by atoms with Crippen molar-refractivity contribution in [2.45, 2.75) is 31.7 Å². The van der Waals surface area contributed by atoms with E-state index in [1.54, 1.807) is 0 Å². The van der Waals surface area contributed by atoms with Crippen LogP contribution in [0.3, 0.4) is 0 Å². The summed E-state index contributed by atoms with van der Waals surface area (Å²) >= 11 is 6.36. The molecule has 0 spiro atoms. The first-order chi connectivity index (χ1) is 10.3. The van der Waals surface area contributed by atoms with Crippen molar-refractivity contribution in [3.63, 3.8) is 0 Å². The lowest BCUT2D eigenvalue weighted by atomic mass is 10.0. The average Bonchev–Trinajstić information content (AvgIpc) is 2.77. The number of likely N-dealkylation sites (tertiary alicyclic amines) is 1. The third kappa shape index (κ3) is 3.28. The van der Waals surface area contributed by atoms with Crippen LogP contribution in [0.1, 0.15) is 37.3 Å². The van der Waals surface area contributed by atoms with Gasteiger partial charge in [0.2, 0.25) is 0 Å². The Morgan fingerprint density at radius 3 is 2.52 bits per heavy atom. The van der Waals surface area contributed by atoms with Gasteiger partial charge in [0, 0.05) is 12.6 Å². The zero-order chi connectivity index (χ0) is 14.7. The molecule has 0 aliphatic carbocycles. The number of rotatable bonds is 3. The van der Waals surface area contributed by atoms with Gasteiger partial charge in [0.25, 0.3) is 0 Å². The summed E-state index contributed by atoms with van der Waals surface area (Å²) in [5.74, 6) is 1.41. The van der Waals surface area contributed by atoms with E-state index in [1.807, 2.05) is 12.1 Å². The fourth-order valence-corrected chi connectivity index (χ4v) is 3.50. The lowest BCUT2D eigenvalue weighted by Crippen LogP contribution is -2.34. The Morgan fingerprint density at radius 2 is 1.81 bits per heavy atom. The van der Waals surface area contributed by atoms with Crippen LogP contribution in [0.4, 0.5) is 0 Å². The summed E-state index contributed by atoms with van der Waals surface area (Å²) in [6, 6.07) is 4.23. The molecule has 1 atom stereocenters. The summed E-state index contributed by atoms with van der Waals surface area (Å²) in [6.07, 6.45) is 5.12. The first-order valence-electron chi connectivity index (χ1n) is 7.83. The predicted octanol–water partition coefficient (Wildman–Crippen LogP) is 2.99. The monoisotopic (exact) mass is 310 g/mol. The molecule has 0 radical (unpaired) electrons. The molecular weight excluding hydrogens is 288 g/mol. The molecule has 5 heteroatoms. The van der Waals surface area contributed by atoms with Crippen LogP contribution in [0.25, 0.3) is 0 Å². The number of hydrogen-bond donors (Lipinski definition) is 1. The molecule has 0 amide bonds. The summed E-state index contributed by atoms with van der Waals surface area (Å²) < 4.78 is 11.3. The minimum absolute atomic E-state index is 0.205. The van der Waals surface area contributed by atoms with E-state index < -0.39 is 0 Å². The van der Waals surface area contributed by atoms with Gasteiger partial charge in [-0.15, -0.1) is 0 Å². The van der Waals surface area contributed by atoms with Crippen LogP contribution in [0.5, 0.6) is 11.5 Å². The van der Waals surface area contributed by atoms with E-state index in [9.17, 15) is 0 Å². The molecule has 21 heavy (non-hydrogen) atoms. The van der Waals surface area contributed by atoms with Crippen LogP contribution < -0.4 is 15.2 Å². The molecular formula is C16H23ClN2O2. The Bertz CT molecular complexity index is 487. The molecule has 1 aromatic rings. The fourth-order valence-electron chi connectivity index (χ4n) is 3.23. The molecule has 116 valence electrons. The molecule has 1 aromatic carbocycles. The number of halogens is 1. The van der Waals surface area contributed by atoms with Gasteiger partial charge in [0.15, 0.2) is 11.5 Å². The van der Waals surface area contributed by atoms with E-state index in [4.69, 9.17) is 26.8 Å². The Hall–Kier alpha value is -0.970. The first kappa shape index (κ1) is 14.9. The highest BCUT2D eigenvalue weighted by Crippen LogP contribution is 2.40. The number of nitrogens with two attached hydrogens (primary N) is 1. The predicted molar refractivity (Wildman–Crippen MR) is 84.3 cm³/mol. The maximum absolute atomic E-state index is 6.36. The molecule has 2 aliphatic rings. The van der Waals surface area contributed by atoms with Crippen molar-refractivity contribution in [3.05, 3.63) is 22.7 Å². The Labute approximate surface area is 131 Å². The molecule has 0 saturated carbocycles. The van der Waals surface area contributed by atoms with Crippen LogP contribution in [-0.2, 0) is 0 Å². The highest BCUT2D eigenvalue weighted by Gasteiger charge is 2.24. The molecule has 2 aliphatic heterocycles. The van der Waals surface area contributed by atoms with Gasteiger partial charge >= 0.3 is 0 Å².